The van der Waals surface area contributed by atoms with Crippen molar-refractivity contribution in [2.75, 3.05) is 17.6 Å². The number of aryl methyl sites for hydroxylation is 2. The van der Waals surface area contributed by atoms with Gasteiger partial charge in [0.25, 0.3) is 0 Å². The minimum atomic E-state index is 0.393. The van der Waals surface area contributed by atoms with Crippen LogP contribution in [0.5, 0.6) is 0 Å². The molecule has 0 spiro atoms. The Morgan fingerprint density at radius 2 is 2.19 bits per heavy atom. The minimum Gasteiger partial charge on any atom is -0.382 e. The highest BCUT2D eigenvalue weighted by Crippen LogP contribution is 2.31. The Morgan fingerprint density at radius 1 is 1.43 bits per heavy atom. The molecule has 1 fully saturated rings. The summed E-state index contributed by atoms with van der Waals surface area (Å²) in [6.45, 7) is 4.90. The first kappa shape index (κ1) is 13.5. The lowest BCUT2D eigenvalue weighted by Crippen LogP contribution is -2.06. The highest BCUT2D eigenvalue weighted by atomic mass is 15.3. The van der Waals surface area contributed by atoms with Crippen molar-refractivity contribution in [2.24, 2.45) is 5.92 Å². The summed E-state index contributed by atoms with van der Waals surface area (Å²) in [6, 6.07) is 8.28. The number of hydrogen-bond acceptors (Lipinski definition) is 4. The Bertz CT molecular complexity index is 719. The normalized spacial score (nSPS) is 14.0. The van der Waals surface area contributed by atoms with Gasteiger partial charge in [0.1, 0.15) is 17.5 Å². The van der Waals surface area contributed by atoms with Crippen LogP contribution in [0.3, 0.4) is 0 Å². The van der Waals surface area contributed by atoms with Crippen molar-refractivity contribution >= 4 is 11.6 Å². The first-order valence-electron chi connectivity index (χ1n) is 7.20. The molecular weight excluding hydrogens is 262 g/mol. The lowest BCUT2D eigenvalue weighted by molar-refractivity contribution is 0.851. The van der Waals surface area contributed by atoms with Gasteiger partial charge in [-0.1, -0.05) is 12.1 Å². The second-order valence-corrected chi connectivity index (χ2v) is 5.75. The third kappa shape index (κ3) is 2.57. The third-order valence-corrected chi connectivity index (χ3v) is 3.88. The Kier molecular flexibility index (Phi) is 3.30. The van der Waals surface area contributed by atoms with E-state index in [1.54, 1.807) is 4.68 Å². The molecule has 0 amide bonds. The fourth-order valence-corrected chi connectivity index (χ4v) is 2.36. The van der Waals surface area contributed by atoms with Crippen molar-refractivity contribution < 1.29 is 0 Å². The van der Waals surface area contributed by atoms with Gasteiger partial charge in [-0.3, -0.25) is 0 Å². The predicted octanol–water partition coefficient (Wildman–Crippen LogP) is 2.76. The van der Waals surface area contributed by atoms with Crippen LogP contribution in [0.4, 0.5) is 11.6 Å². The first-order chi connectivity index (χ1) is 10.1. The fraction of sp³-hybridized carbons (Fsp3) is 0.375. The van der Waals surface area contributed by atoms with Crippen molar-refractivity contribution in [1.29, 1.82) is 5.26 Å². The molecule has 1 aromatic carbocycles. The molecule has 0 aliphatic heterocycles. The average molecular weight is 281 g/mol. The smallest absolute Gasteiger partial charge is 0.168 e. The van der Waals surface area contributed by atoms with Crippen molar-refractivity contribution in [3.63, 3.8) is 0 Å². The molecule has 1 aliphatic rings. The van der Waals surface area contributed by atoms with Crippen LogP contribution < -0.4 is 11.1 Å². The molecule has 1 aromatic heterocycles. The molecule has 1 aliphatic carbocycles. The van der Waals surface area contributed by atoms with Gasteiger partial charge in [-0.05, 0) is 49.8 Å². The summed E-state index contributed by atoms with van der Waals surface area (Å²) < 4.78 is 1.66. The summed E-state index contributed by atoms with van der Waals surface area (Å²) in [6.07, 6.45) is 2.50. The maximum atomic E-state index is 9.34. The molecule has 0 atom stereocenters. The number of nitrogens with two attached hydrogens (primary N) is 1. The van der Waals surface area contributed by atoms with Gasteiger partial charge in [0.15, 0.2) is 5.82 Å². The topological polar surface area (TPSA) is 79.7 Å². The number of rotatable bonds is 4. The number of nitrogen functional groups attached to an aromatic ring is 1. The van der Waals surface area contributed by atoms with Gasteiger partial charge in [0, 0.05) is 6.54 Å². The van der Waals surface area contributed by atoms with Gasteiger partial charge >= 0.3 is 0 Å². The number of aromatic nitrogens is 2. The van der Waals surface area contributed by atoms with Crippen LogP contribution in [0.15, 0.2) is 18.2 Å². The van der Waals surface area contributed by atoms with E-state index in [0.717, 1.165) is 23.4 Å². The fourth-order valence-electron chi connectivity index (χ4n) is 2.36. The Hall–Kier alpha value is -2.48. The summed E-state index contributed by atoms with van der Waals surface area (Å²) in [5.41, 5.74) is 9.69. The molecule has 0 saturated heterocycles. The molecule has 5 heteroatoms. The summed E-state index contributed by atoms with van der Waals surface area (Å²) in [5, 5.41) is 17.1. The van der Waals surface area contributed by atoms with E-state index in [1.807, 2.05) is 26.0 Å². The Labute approximate surface area is 124 Å². The summed E-state index contributed by atoms with van der Waals surface area (Å²) in [7, 11) is 0. The van der Waals surface area contributed by atoms with Gasteiger partial charge in [0.2, 0.25) is 0 Å². The van der Waals surface area contributed by atoms with Gasteiger partial charge in [0.05, 0.1) is 5.69 Å². The molecule has 1 saturated carbocycles. The number of nitriles is 1. The van der Waals surface area contributed by atoms with Gasteiger partial charge in [-0.25, -0.2) is 4.68 Å². The highest BCUT2D eigenvalue weighted by Gasteiger charge is 2.23. The Morgan fingerprint density at radius 3 is 2.86 bits per heavy atom. The molecule has 0 bridgehead atoms. The lowest BCUT2D eigenvalue weighted by atomic mass is 10.1. The zero-order chi connectivity index (χ0) is 15.0. The van der Waals surface area contributed by atoms with Crippen LogP contribution in [0.25, 0.3) is 5.69 Å². The van der Waals surface area contributed by atoms with Gasteiger partial charge in [-0.2, -0.15) is 5.26 Å². The van der Waals surface area contributed by atoms with Crippen LogP contribution in [-0.2, 0) is 0 Å². The van der Waals surface area contributed by atoms with Crippen LogP contribution in [-0.4, -0.2) is 16.3 Å². The maximum absolute atomic E-state index is 9.34. The maximum Gasteiger partial charge on any atom is 0.168 e. The molecule has 1 heterocycles. The number of hydrogen-bond donors (Lipinski definition) is 2. The average Bonchev–Trinajstić information content (AvgIpc) is 3.23. The molecular formula is C16H19N5. The highest BCUT2D eigenvalue weighted by molar-refractivity contribution is 5.66. The zero-order valence-corrected chi connectivity index (χ0v) is 12.3. The Balaban J connectivity index is 2.01. The summed E-state index contributed by atoms with van der Waals surface area (Å²) in [4.78, 5) is 0. The van der Waals surface area contributed by atoms with Crippen LogP contribution in [0, 0.1) is 31.1 Å². The molecule has 0 unspecified atom stereocenters. The predicted molar refractivity (Wildman–Crippen MR) is 83.4 cm³/mol. The van der Waals surface area contributed by atoms with Crippen LogP contribution in [0.2, 0.25) is 0 Å². The second kappa shape index (κ2) is 5.13. The third-order valence-electron chi connectivity index (χ3n) is 3.88. The number of anilines is 2. The molecule has 0 radical (unpaired) electrons. The molecule has 3 rings (SSSR count). The van der Waals surface area contributed by atoms with Crippen LogP contribution >= 0.6 is 0 Å². The summed E-state index contributed by atoms with van der Waals surface area (Å²) >= 11 is 0. The van der Waals surface area contributed by atoms with E-state index in [0.29, 0.717) is 23.1 Å². The van der Waals surface area contributed by atoms with E-state index >= 15 is 0 Å². The number of nitrogens with one attached hydrogen (secondary N) is 1. The van der Waals surface area contributed by atoms with Gasteiger partial charge < -0.3 is 11.1 Å². The van der Waals surface area contributed by atoms with E-state index in [2.05, 4.69) is 22.6 Å². The molecule has 5 nitrogen and oxygen atoms in total. The second-order valence-electron chi connectivity index (χ2n) is 5.75. The van der Waals surface area contributed by atoms with E-state index in [1.165, 1.54) is 12.8 Å². The van der Waals surface area contributed by atoms with Crippen molar-refractivity contribution in [2.45, 2.75) is 26.7 Å². The minimum absolute atomic E-state index is 0.393. The quantitative estimate of drug-likeness (QED) is 0.903. The standard InChI is InChI=1S/C16H19N5/c1-10-3-4-11(2)14(7-10)21-15(18)13(8-17)16(20-21)19-9-12-5-6-12/h3-4,7,12H,5-6,9,18H2,1-2H3,(H,19,20). The summed E-state index contributed by atoms with van der Waals surface area (Å²) in [5.74, 6) is 1.69. The molecule has 2 aromatic rings. The lowest BCUT2D eigenvalue weighted by Gasteiger charge is -2.08. The monoisotopic (exact) mass is 281 g/mol. The van der Waals surface area contributed by atoms with Gasteiger partial charge in [-0.15, -0.1) is 5.10 Å². The number of nitrogens with zero attached hydrogens (tertiary/aromatic N) is 3. The zero-order valence-electron chi connectivity index (χ0n) is 12.3. The number of benzene rings is 1. The van der Waals surface area contributed by atoms with E-state index in [-0.39, 0.29) is 0 Å². The van der Waals surface area contributed by atoms with Crippen molar-refractivity contribution in [3.8, 4) is 11.8 Å². The van der Waals surface area contributed by atoms with E-state index in [4.69, 9.17) is 5.73 Å². The SMILES string of the molecule is Cc1ccc(C)c(-n2nc(NCC3CC3)c(C#N)c2N)c1. The van der Waals surface area contributed by atoms with Crippen molar-refractivity contribution in [1.82, 2.24) is 9.78 Å². The van der Waals surface area contributed by atoms with Crippen LogP contribution in [0.1, 0.15) is 29.5 Å². The molecule has 21 heavy (non-hydrogen) atoms. The van der Waals surface area contributed by atoms with E-state index < -0.39 is 0 Å². The van der Waals surface area contributed by atoms with Crippen molar-refractivity contribution in [3.05, 3.63) is 34.9 Å². The largest absolute Gasteiger partial charge is 0.382 e. The first-order valence-corrected chi connectivity index (χ1v) is 7.20. The molecule has 3 N–H and O–H groups in total. The molecule has 108 valence electrons. The van der Waals surface area contributed by atoms with E-state index in [9.17, 15) is 5.26 Å².